The highest BCUT2D eigenvalue weighted by atomic mass is 19.2. The number of nitrogens with zero attached hydrogens (tertiary/aromatic N) is 2. The molecule has 0 aliphatic rings. The van der Waals surface area contributed by atoms with Gasteiger partial charge in [-0.05, 0) is 37.6 Å². The smallest absolute Gasteiger partial charge is 0.237 e. The van der Waals surface area contributed by atoms with E-state index >= 15 is 0 Å². The first-order valence-corrected chi connectivity index (χ1v) is 5.53. The second-order valence-corrected chi connectivity index (χ2v) is 4.03. The predicted molar refractivity (Wildman–Crippen MR) is 64.9 cm³/mol. The van der Waals surface area contributed by atoms with E-state index in [2.05, 4.69) is 4.98 Å². The van der Waals surface area contributed by atoms with Crippen LogP contribution < -0.4 is 4.74 Å². The number of pyridine rings is 1. The predicted octanol–water partition coefficient (Wildman–Crippen LogP) is 3.64. The average molecular weight is 260 g/mol. The van der Waals surface area contributed by atoms with Gasteiger partial charge in [0.25, 0.3) is 0 Å². The maximum Gasteiger partial charge on any atom is 0.237 e. The molecule has 0 spiro atoms. The van der Waals surface area contributed by atoms with E-state index in [9.17, 15) is 8.78 Å². The van der Waals surface area contributed by atoms with Crippen LogP contribution in [0.3, 0.4) is 0 Å². The Balaban J connectivity index is 2.50. The molecule has 0 saturated carbocycles. The Labute approximate surface area is 109 Å². The van der Waals surface area contributed by atoms with Crippen LogP contribution in [-0.4, -0.2) is 4.98 Å². The van der Waals surface area contributed by atoms with Crippen LogP contribution in [-0.2, 0) is 0 Å². The van der Waals surface area contributed by atoms with Crippen molar-refractivity contribution in [3.05, 3.63) is 52.7 Å². The molecule has 1 heterocycles. The highest BCUT2D eigenvalue weighted by Gasteiger charge is 2.15. The lowest BCUT2D eigenvalue weighted by molar-refractivity contribution is 0.403. The summed E-state index contributed by atoms with van der Waals surface area (Å²) in [5, 5.41) is 9.05. The van der Waals surface area contributed by atoms with Crippen LogP contribution in [0, 0.1) is 36.8 Å². The van der Waals surface area contributed by atoms with E-state index in [4.69, 9.17) is 10.00 Å². The van der Waals surface area contributed by atoms with Crippen molar-refractivity contribution in [2.75, 3.05) is 0 Å². The van der Waals surface area contributed by atoms with Gasteiger partial charge in [-0.25, -0.2) is 9.37 Å². The topological polar surface area (TPSA) is 45.9 Å². The third kappa shape index (κ3) is 2.52. The van der Waals surface area contributed by atoms with Crippen LogP contribution in [0.2, 0.25) is 0 Å². The molecule has 96 valence electrons. The standard InChI is InChI=1S/C14H10F2N2O/c1-8-6-9(2)18-14(10(8)7-17)19-12-5-3-4-11(15)13(12)16/h3-6H,1-2H3. The van der Waals surface area contributed by atoms with Crippen LogP contribution in [0.5, 0.6) is 11.6 Å². The number of benzene rings is 1. The van der Waals surface area contributed by atoms with E-state index in [0.29, 0.717) is 11.3 Å². The van der Waals surface area contributed by atoms with Crippen LogP contribution >= 0.6 is 0 Å². The Morgan fingerprint density at radius 3 is 2.68 bits per heavy atom. The second kappa shape index (κ2) is 5.02. The number of aryl methyl sites for hydroxylation is 2. The second-order valence-electron chi connectivity index (χ2n) is 4.03. The Morgan fingerprint density at radius 1 is 1.26 bits per heavy atom. The number of hydrogen-bond donors (Lipinski definition) is 0. The van der Waals surface area contributed by atoms with Crippen LogP contribution in [0.15, 0.2) is 24.3 Å². The molecule has 0 aliphatic carbocycles. The zero-order chi connectivity index (χ0) is 14.0. The first kappa shape index (κ1) is 13.0. The molecule has 0 N–H and O–H groups in total. The van der Waals surface area contributed by atoms with Crippen LogP contribution in [0.4, 0.5) is 8.78 Å². The van der Waals surface area contributed by atoms with Crippen molar-refractivity contribution in [3.63, 3.8) is 0 Å². The number of nitriles is 1. The van der Waals surface area contributed by atoms with Crippen molar-refractivity contribution in [3.8, 4) is 17.7 Å². The largest absolute Gasteiger partial charge is 0.434 e. The van der Waals surface area contributed by atoms with Crippen molar-refractivity contribution < 1.29 is 13.5 Å². The molecule has 3 nitrogen and oxygen atoms in total. The number of rotatable bonds is 2. The van der Waals surface area contributed by atoms with Crippen molar-refractivity contribution in [1.82, 2.24) is 4.98 Å². The number of hydrogen-bond acceptors (Lipinski definition) is 3. The molecular formula is C14H10F2N2O. The fraction of sp³-hybridized carbons (Fsp3) is 0.143. The Bertz CT molecular complexity index is 678. The zero-order valence-electron chi connectivity index (χ0n) is 10.4. The maximum atomic E-state index is 13.5. The molecule has 0 aliphatic heterocycles. The summed E-state index contributed by atoms with van der Waals surface area (Å²) in [4.78, 5) is 4.04. The molecule has 5 heteroatoms. The van der Waals surface area contributed by atoms with Crippen molar-refractivity contribution in [2.24, 2.45) is 0 Å². The Kier molecular flexibility index (Phi) is 3.43. The fourth-order valence-electron chi connectivity index (χ4n) is 1.68. The molecule has 1 aromatic heterocycles. The molecule has 0 saturated heterocycles. The normalized spacial score (nSPS) is 10.1. The molecule has 0 unspecified atom stereocenters. The maximum absolute atomic E-state index is 13.5. The molecule has 0 amide bonds. The summed E-state index contributed by atoms with van der Waals surface area (Å²) in [7, 11) is 0. The lowest BCUT2D eigenvalue weighted by atomic mass is 10.1. The number of aromatic nitrogens is 1. The first-order valence-electron chi connectivity index (χ1n) is 5.53. The molecule has 0 fully saturated rings. The number of ether oxygens (including phenoxy) is 1. The van der Waals surface area contributed by atoms with Crippen molar-refractivity contribution in [1.29, 1.82) is 5.26 Å². The van der Waals surface area contributed by atoms with Crippen molar-refractivity contribution >= 4 is 0 Å². The highest BCUT2D eigenvalue weighted by molar-refractivity contribution is 5.47. The Hall–Kier alpha value is -2.48. The molecular weight excluding hydrogens is 250 g/mol. The third-order valence-corrected chi connectivity index (χ3v) is 2.55. The number of halogens is 2. The van der Waals surface area contributed by atoms with Crippen LogP contribution in [0.25, 0.3) is 0 Å². The molecule has 19 heavy (non-hydrogen) atoms. The monoisotopic (exact) mass is 260 g/mol. The summed E-state index contributed by atoms with van der Waals surface area (Å²) >= 11 is 0. The molecule has 0 atom stereocenters. The molecule has 1 aromatic carbocycles. The van der Waals surface area contributed by atoms with Gasteiger partial charge in [0, 0.05) is 5.69 Å². The van der Waals surface area contributed by atoms with Gasteiger partial charge in [-0.15, -0.1) is 0 Å². The molecule has 0 bridgehead atoms. The highest BCUT2D eigenvalue weighted by Crippen LogP contribution is 2.28. The van der Waals surface area contributed by atoms with Crippen LogP contribution in [0.1, 0.15) is 16.8 Å². The molecule has 2 rings (SSSR count). The minimum atomic E-state index is -1.10. The minimum Gasteiger partial charge on any atom is -0.434 e. The van der Waals surface area contributed by atoms with E-state index in [1.54, 1.807) is 19.9 Å². The van der Waals surface area contributed by atoms with Crippen molar-refractivity contribution in [2.45, 2.75) is 13.8 Å². The van der Waals surface area contributed by atoms with E-state index in [1.807, 2.05) is 6.07 Å². The van der Waals surface area contributed by atoms with Gasteiger partial charge in [-0.2, -0.15) is 9.65 Å². The summed E-state index contributed by atoms with van der Waals surface area (Å²) in [6.45, 7) is 3.45. The first-order chi connectivity index (χ1) is 9.02. The molecule has 0 radical (unpaired) electrons. The van der Waals surface area contributed by atoms with Gasteiger partial charge in [0.1, 0.15) is 11.6 Å². The van der Waals surface area contributed by atoms with Gasteiger partial charge in [-0.3, -0.25) is 0 Å². The molecule has 2 aromatic rings. The van der Waals surface area contributed by atoms with Gasteiger partial charge in [0.15, 0.2) is 11.6 Å². The summed E-state index contributed by atoms with van der Waals surface area (Å²) in [5.74, 6) is -2.44. The van der Waals surface area contributed by atoms with Gasteiger partial charge in [-0.1, -0.05) is 6.07 Å². The quantitative estimate of drug-likeness (QED) is 0.828. The Morgan fingerprint density at radius 2 is 2.00 bits per heavy atom. The zero-order valence-corrected chi connectivity index (χ0v) is 10.4. The lowest BCUT2D eigenvalue weighted by Gasteiger charge is -2.10. The third-order valence-electron chi connectivity index (χ3n) is 2.55. The van der Waals surface area contributed by atoms with E-state index in [-0.39, 0.29) is 17.2 Å². The fourth-order valence-corrected chi connectivity index (χ4v) is 1.68. The summed E-state index contributed by atoms with van der Waals surface area (Å²) in [6, 6.07) is 7.24. The SMILES string of the molecule is Cc1cc(C)c(C#N)c(Oc2cccc(F)c2F)n1. The van der Waals surface area contributed by atoms with E-state index < -0.39 is 11.6 Å². The van der Waals surface area contributed by atoms with Gasteiger partial charge in [0.05, 0.1) is 0 Å². The summed E-state index contributed by atoms with van der Waals surface area (Å²) in [5.41, 5.74) is 1.50. The van der Waals surface area contributed by atoms with Gasteiger partial charge in [0.2, 0.25) is 11.7 Å². The van der Waals surface area contributed by atoms with Gasteiger partial charge < -0.3 is 4.74 Å². The summed E-state index contributed by atoms with van der Waals surface area (Å²) in [6.07, 6.45) is 0. The van der Waals surface area contributed by atoms with Gasteiger partial charge >= 0.3 is 0 Å². The van der Waals surface area contributed by atoms with E-state index in [0.717, 1.165) is 6.07 Å². The summed E-state index contributed by atoms with van der Waals surface area (Å²) < 4.78 is 31.8. The minimum absolute atomic E-state index is 0.0236. The van der Waals surface area contributed by atoms with E-state index in [1.165, 1.54) is 12.1 Å². The lowest BCUT2D eigenvalue weighted by Crippen LogP contribution is -1.99. The average Bonchev–Trinajstić information content (AvgIpc) is 2.34.